The number of aromatic nitrogens is 4. The second kappa shape index (κ2) is 7.43. The van der Waals surface area contributed by atoms with Crippen LogP contribution in [0.3, 0.4) is 0 Å². The molecule has 0 fully saturated rings. The lowest BCUT2D eigenvalue weighted by molar-refractivity contribution is 0.378. The molecule has 2 aliphatic rings. The van der Waals surface area contributed by atoms with Crippen molar-refractivity contribution in [2.75, 3.05) is 0 Å². The first-order chi connectivity index (χ1) is 15.0. The van der Waals surface area contributed by atoms with Gasteiger partial charge in [-0.1, -0.05) is 35.0 Å². The van der Waals surface area contributed by atoms with Gasteiger partial charge in [-0.15, -0.1) is 0 Å². The summed E-state index contributed by atoms with van der Waals surface area (Å²) >= 11 is 0. The summed E-state index contributed by atoms with van der Waals surface area (Å²) < 4.78 is 35.1. The van der Waals surface area contributed by atoms with Gasteiger partial charge in [0.25, 0.3) is 0 Å². The lowest BCUT2D eigenvalue weighted by Crippen LogP contribution is -1.99. The fraction of sp³-hybridized carbons (Fsp3) is 0.125. The summed E-state index contributed by atoms with van der Waals surface area (Å²) in [5, 5.41) is 4.20. The van der Waals surface area contributed by atoms with Crippen LogP contribution >= 0.6 is 0 Å². The van der Waals surface area contributed by atoms with Crippen LogP contribution in [0.15, 0.2) is 65.4 Å². The summed E-state index contributed by atoms with van der Waals surface area (Å²) in [5.74, 6) is -1.03. The first-order valence-electron chi connectivity index (χ1n) is 9.79. The topological polar surface area (TPSA) is 56.7 Å². The Balaban J connectivity index is 1.42. The Morgan fingerprint density at radius 1 is 0.903 bits per heavy atom. The minimum absolute atomic E-state index is 0.0381. The maximum atomic E-state index is 14.1. The molecule has 0 unspecified atom stereocenters. The smallest absolute Gasteiger partial charge is 0.169 e. The average Bonchev–Trinajstić information content (AvgIpc) is 3.37. The number of fused-ring (bicyclic) bond motifs is 1. The van der Waals surface area contributed by atoms with E-state index in [1.807, 2.05) is 35.9 Å². The van der Waals surface area contributed by atoms with Gasteiger partial charge in [-0.2, -0.15) is 0 Å². The molecule has 0 aliphatic carbocycles. The van der Waals surface area contributed by atoms with E-state index >= 15 is 0 Å². The van der Waals surface area contributed by atoms with E-state index < -0.39 is 11.6 Å². The van der Waals surface area contributed by atoms with Gasteiger partial charge in [0, 0.05) is 24.0 Å². The zero-order valence-electron chi connectivity index (χ0n) is 16.9. The van der Waals surface area contributed by atoms with Gasteiger partial charge in [0.05, 0.1) is 17.8 Å². The van der Waals surface area contributed by atoms with Gasteiger partial charge in [-0.25, -0.2) is 18.7 Å². The van der Waals surface area contributed by atoms with Crippen LogP contribution in [0.2, 0.25) is 0 Å². The average molecular weight is 416 g/mol. The number of benzene rings is 2. The molecule has 0 saturated carbocycles. The molecular weight excluding hydrogens is 398 g/mol. The maximum Gasteiger partial charge on any atom is 0.169 e. The maximum absolute atomic E-state index is 14.1. The van der Waals surface area contributed by atoms with Gasteiger partial charge in [0.2, 0.25) is 0 Å². The van der Waals surface area contributed by atoms with E-state index in [9.17, 15) is 8.78 Å². The van der Waals surface area contributed by atoms with Gasteiger partial charge >= 0.3 is 0 Å². The van der Waals surface area contributed by atoms with Crippen LogP contribution in [-0.4, -0.2) is 19.7 Å². The van der Waals surface area contributed by atoms with E-state index in [1.165, 1.54) is 17.7 Å². The van der Waals surface area contributed by atoms with Crippen molar-refractivity contribution in [2.24, 2.45) is 0 Å². The Morgan fingerprint density at radius 2 is 1.74 bits per heavy atom. The molecular formula is C24H18F2N4O. The first kappa shape index (κ1) is 19.1. The summed E-state index contributed by atoms with van der Waals surface area (Å²) in [7, 11) is 0. The standard InChI is InChI=1S/C24H18F2N4O/c1-14-6-7-17(15(2)10-14)21-11-16(31-29-21)12-30-9-8-20-22(13-30)28-24(27-20)18-4-3-5-19(25)23(18)26/h3-11,13H,12H2,1-2H3. The molecule has 0 bridgehead atoms. The molecule has 5 nitrogen and oxygen atoms in total. The molecule has 0 radical (unpaired) electrons. The Labute approximate surface area is 177 Å². The van der Waals surface area contributed by atoms with Crippen molar-refractivity contribution in [2.45, 2.75) is 20.4 Å². The number of nitrogens with zero attached hydrogens (tertiary/aromatic N) is 4. The number of hydrogen-bond acceptors (Lipinski definition) is 4. The molecule has 154 valence electrons. The van der Waals surface area contributed by atoms with Crippen LogP contribution < -0.4 is 0 Å². The van der Waals surface area contributed by atoms with Gasteiger partial charge < -0.3 is 9.09 Å². The number of halogens is 2. The van der Waals surface area contributed by atoms with E-state index in [0.29, 0.717) is 23.7 Å². The van der Waals surface area contributed by atoms with Crippen molar-refractivity contribution in [1.82, 2.24) is 19.7 Å². The second-order valence-corrected chi connectivity index (χ2v) is 7.53. The van der Waals surface area contributed by atoms with Crippen molar-refractivity contribution in [1.29, 1.82) is 0 Å². The van der Waals surface area contributed by atoms with Crippen molar-refractivity contribution < 1.29 is 13.3 Å². The Kier molecular flexibility index (Phi) is 4.58. The van der Waals surface area contributed by atoms with Crippen LogP contribution in [0.4, 0.5) is 8.78 Å². The molecule has 0 spiro atoms. The number of hydrogen-bond donors (Lipinski definition) is 0. The fourth-order valence-electron chi connectivity index (χ4n) is 3.64. The van der Waals surface area contributed by atoms with E-state index in [4.69, 9.17) is 4.52 Å². The summed E-state index contributed by atoms with van der Waals surface area (Å²) in [6.45, 7) is 4.55. The molecule has 3 aromatic rings. The van der Waals surface area contributed by atoms with Crippen molar-refractivity contribution in [3.8, 4) is 34.0 Å². The van der Waals surface area contributed by atoms with E-state index in [2.05, 4.69) is 28.1 Å². The number of rotatable bonds is 4. The summed E-state index contributed by atoms with van der Waals surface area (Å²) in [4.78, 5) is 8.70. The monoisotopic (exact) mass is 416 g/mol. The van der Waals surface area contributed by atoms with Gasteiger partial charge in [0.1, 0.15) is 11.4 Å². The van der Waals surface area contributed by atoms with Crippen molar-refractivity contribution >= 4 is 0 Å². The van der Waals surface area contributed by atoms with Crippen LogP contribution in [0.5, 0.6) is 0 Å². The summed E-state index contributed by atoms with van der Waals surface area (Å²) in [6.07, 6.45) is 3.63. The third-order valence-corrected chi connectivity index (χ3v) is 5.17. The molecule has 5 rings (SSSR count). The number of pyridine rings is 1. The molecule has 7 heteroatoms. The largest absolute Gasteiger partial charge is 0.359 e. The SMILES string of the molecule is Cc1ccc(-c2cc(Cn3ccc4nc(-c5cccc(F)c5F)nc-4c3)on2)c(C)c1. The lowest BCUT2D eigenvalue weighted by atomic mass is 10.0. The Morgan fingerprint density at radius 3 is 2.58 bits per heavy atom. The minimum Gasteiger partial charge on any atom is -0.359 e. The van der Waals surface area contributed by atoms with Gasteiger partial charge in [0.15, 0.2) is 23.2 Å². The van der Waals surface area contributed by atoms with Crippen LogP contribution in [0.1, 0.15) is 16.9 Å². The summed E-state index contributed by atoms with van der Waals surface area (Å²) in [6, 6.07) is 13.9. The molecule has 0 saturated heterocycles. The predicted molar refractivity (Wildman–Crippen MR) is 113 cm³/mol. The molecule has 0 N–H and O–H groups in total. The minimum atomic E-state index is -0.953. The summed E-state index contributed by atoms with van der Waals surface area (Å²) in [5.41, 5.74) is 5.37. The number of imidazole rings is 1. The molecule has 0 atom stereocenters. The third kappa shape index (κ3) is 3.59. The highest BCUT2D eigenvalue weighted by Gasteiger charge is 2.18. The molecule has 2 aliphatic heterocycles. The normalized spacial score (nSPS) is 11.4. The molecule has 2 aromatic carbocycles. The highest BCUT2D eigenvalue weighted by atomic mass is 19.2. The van der Waals surface area contributed by atoms with Crippen molar-refractivity contribution in [3.63, 3.8) is 0 Å². The zero-order chi connectivity index (χ0) is 21.5. The molecule has 1 aromatic heterocycles. The predicted octanol–water partition coefficient (Wildman–Crippen LogP) is 5.65. The number of aryl methyl sites for hydroxylation is 2. The highest BCUT2D eigenvalue weighted by Crippen LogP contribution is 2.28. The zero-order valence-corrected chi connectivity index (χ0v) is 16.9. The van der Waals surface area contributed by atoms with E-state index in [-0.39, 0.29) is 11.4 Å². The molecule has 3 heterocycles. The van der Waals surface area contributed by atoms with E-state index in [0.717, 1.165) is 22.9 Å². The van der Waals surface area contributed by atoms with Gasteiger partial charge in [-0.3, -0.25) is 0 Å². The third-order valence-electron chi connectivity index (χ3n) is 5.17. The quantitative estimate of drug-likeness (QED) is 0.380. The van der Waals surface area contributed by atoms with E-state index in [1.54, 1.807) is 12.3 Å². The Bertz CT molecular complexity index is 1370. The molecule has 31 heavy (non-hydrogen) atoms. The first-order valence-corrected chi connectivity index (χ1v) is 9.79. The Hall–Kier alpha value is -3.87. The molecule has 0 amide bonds. The van der Waals surface area contributed by atoms with Crippen LogP contribution in [0.25, 0.3) is 34.0 Å². The lowest BCUT2D eigenvalue weighted by Gasteiger charge is -2.05. The van der Waals surface area contributed by atoms with Crippen LogP contribution in [-0.2, 0) is 6.54 Å². The fourth-order valence-corrected chi connectivity index (χ4v) is 3.64. The second-order valence-electron chi connectivity index (χ2n) is 7.53. The van der Waals surface area contributed by atoms with Gasteiger partial charge in [-0.05, 0) is 37.6 Å². The van der Waals surface area contributed by atoms with Crippen LogP contribution in [0, 0.1) is 25.5 Å². The van der Waals surface area contributed by atoms with Crippen molar-refractivity contribution in [3.05, 3.63) is 89.4 Å². The highest BCUT2D eigenvalue weighted by molar-refractivity contribution is 5.66.